The molecule has 0 amide bonds. The molecule has 0 aliphatic rings. The molecule has 0 saturated heterocycles. The molecule has 0 saturated carbocycles. The van der Waals surface area contributed by atoms with Crippen LogP contribution in [0.4, 0.5) is 0 Å². The van der Waals surface area contributed by atoms with Gasteiger partial charge >= 0.3 is 68.3 Å². The molecule has 0 spiro atoms. The topological polar surface area (TPSA) is 12.9 Å². The van der Waals surface area contributed by atoms with Crippen LogP contribution in [0.25, 0.3) is 0 Å². The predicted octanol–water partition coefficient (Wildman–Crippen LogP) is 1.31. The first-order valence-corrected chi connectivity index (χ1v) is 4.22. The molecule has 0 bridgehead atoms. The quantitative estimate of drug-likeness (QED) is 0.667. The van der Waals surface area contributed by atoms with Crippen molar-refractivity contribution in [2.45, 2.75) is 10.9 Å². The van der Waals surface area contributed by atoms with Gasteiger partial charge in [0.05, 0.1) is 0 Å². The Hall–Kier alpha value is -0.0604. The van der Waals surface area contributed by atoms with E-state index in [4.69, 9.17) is 0 Å². The Morgan fingerprint density at radius 2 is 2.33 bits per heavy atom. The molecule has 1 nitrogen and oxygen atoms in total. The van der Waals surface area contributed by atoms with Gasteiger partial charge in [0.2, 0.25) is 0 Å². The van der Waals surface area contributed by atoms with Crippen LogP contribution in [0, 0.1) is 0 Å². The zero-order valence-corrected chi connectivity index (χ0v) is 7.57. The molecule has 47 valence electrons. The van der Waals surface area contributed by atoms with Crippen molar-refractivity contribution in [1.82, 2.24) is 4.98 Å². The van der Waals surface area contributed by atoms with Crippen molar-refractivity contribution in [3.63, 3.8) is 0 Å². The molecule has 1 rings (SSSR count). The molecule has 2 heteroatoms. The monoisotopic (exact) mass is 236 g/mol. The van der Waals surface area contributed by atoms with Gasteiger partial charge in [0.25, 0.3) is 0 Å². The van der Waals surface area contributed by atoms with E-state index in [0.29, 0.717) is 3.97 Å². The van der Waals surface area contributed by atoms with Gasteiger partial charge in [-0.05, 0) is 0 Å². The summed E-state index contributed by atoms with van der Waals surface area (Å²) in [7, 11) is 0. The van der Waals surface area contributed by atoms with Crippen molar-refractivity contribution in [3.8, 4) is 0 Å². The minimum absolute atomic E-state index is 0.557. The Balaban J connectivity index is 2.85. The van der Waals surface area contributed by atoms with Crippen LogP contribution in [-0.2, 0) is 0 Å². The van der Waals surface area contributed by atoms with E-state index >= 15 is 0 Å². The van der Waals surface area contributed by atoms with Crippen molar-refractivity contribution in [2.75, 3.05) is 0 Å². The van der Waals surface area contributed by atoms with E-state index in [1.807, 2.05) is 24.4 Å². The summed E-state index contributed by atoms with van der Waals surface area (Å²) in [6.07, 6.45) is 1.83. The van der Waals surface area contributed by atoms with Crippen LogP contribution in [-0.4, -0.2) is 27.3 Å². The summed E-state index contributed by atoms with van der Waals surface area (Å²) in [5.41, 5.74) is 1.17. The van der Waals surface area contributed by atoms with Crippen molar-refractivity contribution in [3.05, 3.63) is 30.1 Å². The van der Waals surface area contributed by atoms with Crippen LogP contribution in [0.1, 0.15) is 16.6 Å². The number of hydrogen-bond donors (Lipinski definition) is 0. The van der Waals surface area contributed by atoms with Crippen LogP contribution < -0.4 is 0 Å². The average Bonchev–Trinajstić information content (AvgIpc) is 1.90. The third kappa shape index (κ3) is 1.96. The SMILES string of the molecule is CC([Te])c1ccccn1. The van der Waals surface area contributed by atoms with Crippen molar-refractivity contribution < 1.29 is 0 Å². The molecule has 1 aromatic rings. The van der Waals surface area contributed by atoms with Gasteiger partial charge < -0.3 is 0 Å². The first-order valence-electron chi connectivity index (χ1n) is 2.87. The summed E-state index contributed by atoms with van der Waals surface area (Å²) >= 11 is 2.07. The van der Waals surface area contributed by atoms with Gasteiger partial charge in [0.1, 0.15) is 0 Å². The molecule has 1 atom stereocenters. The van der Waals surface area contributed by atoms with Crippen LogP contribution in [0.2, 0.25) is 0 Å². The van der Waals surface area contributed by atoms with Gasteiger partial charge in [0.15, 0.2) is 0 Å². The molecule has 1 unspecified atom stereocenters. The van der Waals surface area contributed by atoms with Crippen LogP contribution in [0.15, 0.2) is 24.4 Å². The van der Waals surface area contributed by atoms with Gasteiger partial charge in [0, 0.05) is 0 Å². The van der Waals surface area contributed by atoms with Gasteiger partial charge in [-0.1, -0.05) is 0 Å². The standard InChI is InChI=1S/C7H8NTe/c1-6(9)7-4-2-3-5-8-7/h2-6H,1H3. The summed E-state index contributed by atoms with van der Waals surface area (Å²) in [6.45, 7) is 2.15. The van der Waals surface area contributed by atoms with E-state index < -0.39 is 0 Å². The molecule has 0 fully saturated rings. The zero-order valence-electron chi connectivity index (χ0n) is 5.24. The number of aromatic nitrogens is 1. The first-order chi connectivity index (χ1) is 4.30. The zero-order chi connectivity index (χ0) is 6.69. The Morgan fingerprint density at radius 1 is 1.56 bits per heavy atom. The maximum atomic E-state index is 4.18. The molecule has 0 aliphatic heterocycles. The number of hydrogen-bond acceptors (Lipinski definition) is 1. The van der Waals surface area contributed by atoms with E-state index in [-0.39, 0.29) is 0 Å². The Bertz CT molecular complexity index is 172. The summed E-state index contributed by atoms with van der Waals surface area (Å²) in [5.74, 6) is 0. The van der Waals surface area contributed by atoms with Crippen molar-refractivity contribution in [1.29, 1.82) is 0 Å². The molecule has 9 heavy (non-hydrogen) atoms. The molecule has 1 aromatic heterocycles. The Labute approximate surface area is 68.4 Å². The minimum atomic E-state index is 0.557. The van der Waals surface area contributed by atoms with Crippen molar-refractivity contribution in [2.24, 2.45) is 0 Å². The van der Waals surface area contributed by atoms with E-state index in [0.717, 1.165) is 0 Å². The van der Waals surface area contributed by atoms with Crippen LogP contribution in [0.5, 0.6) is 0 Å². The summed E-state index contributed by atoms with van der Waals surface area (Å²) in [6, 6.07) is 6.00. The molecule has 1 radical (unpaired) electrons. The second kappa shape index (κ2) is 3.19. The second-order valence-electron chi connectivity index (χ2n) is 1.90. The van der Waals surface area contributed by atoms with Gasteiger partial charge in [-0.25, -0.2) is 0 Å². The summed E-state index contributed by atoms with van der Waals surface area (Å²) in [4.78, 5) is 4.18. The first kappa shape index (κ1) is 7.05. The molecular formula is C7H8NTe. The van der Waals surface area contributed by atoms with E-state index in [9.17, 15) is 0 Å². The van der Waals surface area contributed by atoms with Crippen LogP contribution >= 0.6 is 0 Å². The number of pyridine rings is 1. The van der Waals surface area contributed by atoms with Crippen molar-refractivity contribution >= 4 is 22.3 Å². The maximum absolute atomic E-state index is 4.18. The third-order valence-electron chi connectivity index (χ3n) is 1.10. The fourth-order valence-corrected chi connectivity index (χ4v) is 1.01. The fourth-order valence-electron chi connectivity index (χ4n) is 0.616. The molecular weight excluding hydrogens is 226 g/mol. The Morgan fingerprint density at radius 3 is 2.67 bits per heavy atom. The molecule has 0 N–H and O–H groups in total. The van der Waals surface area contributed by atoms with E-state index in [2.05, 4.69) is 34.2 Å². The molecule has 0 aromatic carbocycles. The summed E-state index contributed by atoms with van der Waals surface area (Å²) in [5, 5.41) is 0. The van der Waals surface area contributed by atoms with E-state index in [1.54, 1.807) is 0 Å². The van der Waals surface area contributed by atoms with Gasteiger partial charge in [-0.2, -0.15) is 0 Å². The van der Waals surface area contributed by atoms with Gasteiger partial charge in [-0.15, -0.1) is 0 Å². The molecule has 0 aliphatic carbocycles. The average molecular weight is 234 g/mol. The third-order valence-corrected chi connectivity index (χ3v) is 1.79. The van der Waals surface area contributed by atoms with Gasteiger partial charge in [-0.3, -0.25) is 0 Å². The predicted molar refractivity (Wildman–Crippen MR) is 38.4 cm³/mol. The fraction of sp³-hybridized carbons (Fsp3) is 0.286. The number of nitrogens with zero attached hydrogens (tertiary/aromatic N) is 1. The molecule has 1 heterocycles. The second-order valence-corrected chi connectivity index (χ2v) is 3.91. The normalized spacial score (nSPS) is 13.1. The summed E-state index contributed by atoms with van der Waals surface area (Å²) < 4.78 is 0.557. The Kier molecular flexibility index (Phi) is 2.50. The van der Waals surface area contributed by atoms with E-state index in [1.165, 1.54) is 5.69 Å². The van der Waals surface area contributed by atoms with Crippen LogP contribution in [0.3, 0.4) is 0 Å². The number of rotatable bonds is 1.